The lowest BCUT2D eigenvalue weighted by Gasteiger charge is -2.07. The zero-order valence-electron chi connectivity index (χ0n) is 9.52. The van der Waals surface area contributed by atoms with E-state index in [1.807, 2.05) is 22.7 Å². The molecular weight excluding hydrogens is 248 g/mol. The van der Waals surface area contributed by atoms with Crippen molar-refractivity contribution in [2.45, 2.75) is 37.9 Å². The minimum Gasteiger partial charge on any atom is -0.370 e. The number of rotatable bonds is 0. The van der Waals surface area contributed by atoms with E-state index in [2.05, 4.69) is 22.9 Å². The molecular formula is C14H14OS2. The summed E-state index contributed by atoms with van der Waals surface area (Å²) in [6.07, 6.45) is 5.85. The Morgan fingerprint density at radius 1 is 0.882 bits per heavy atom. The third-order valence-electron chi connectivity index (χ3n) is 3.78. The van der Waals surface area contributed by atoms with Gasteiger partial charge in [-0.2, -0.15) is 0 Å². The number of hydrogen-bond donors (Lipinski definition) is 0. The van der Waals surface area contributed by atoms with Crippen LogP contribution in [0.5, 0.6) is 0 Å². The molecule has 3 heteroatoms. The molecule has 1 nitrogen and oxygen atoms in total. The van der Waals surface area contributed by atoms with E-state index in [1.54, 1.807) is 0 Å². The van der Waals surface area contributed by atoms with E-state index >= 15 is 0 Å². The third-order valence-corrected chi connectivity index (χ3v) is 5.86. The molecule has 88 valence electrons. The van der Waals surface area contributed by atoms with Crippen molar-refractivity contribution in [1.82, 2.24) is 0 Å². The first kappa shape index (κ1) is 10.3. The van der Waals surface area contributed by atoms with Crippen molar-refractivity contribution in [3.8, 4) is 9.75 Å². The van der Waals surface area contributed by atoms with Gasteiger partial charge in [0.1, 0.15) is 0 Å². The van der Waals surface area contributed by atoms with Crippen LogP contribution >= 0.6 is 22.7 Å². The molecule has 0 aromatic carbocycles. The van der Waals surface area contributed by atoms with Crippen LogP contribution in [-0.2, 0) is 17.6 Å². The van der Waals surface area contributed by atoms with Gasteiger partial charge in [0.15, 0.2) is 0 Å². The van der Waals surface area contributed by atoms with Crippen molar-refractivity contribution in [2.24, 2.45) is 0 Å². The Morgan fingerprint density at radius 3 is 1.94 bits per heavy atom. The summed E-state index contributed by atoms with van der Waals surface area (Å²) in [7, 11) is 0. The van der Waals surface area contributed by atoms with Crippen molar-refractivity contribution in [2.75, 3.05) is 0 Å². The van der Waals surface area contributed by atoms with Crippen molar-refractivity contribution in [1.29, 1.82) is 0 Å². The molecule has 4 rings (SSSR count). The molecule has 0 N–H and O–H groups in total. The van der Waals surface area contributed by atoms with Gasteiger partial charge in [-0.25, -0.2) is 0 Å². The van der Waals surface area contributed by atoms with Gasteiger partial charge in [0.2, 0.25) is 0 Å². The lowest BCUT2D eigenvalue weighted by atomic mass is 10.00. The van der Waals surface area contributed by atoms with E-state index in [4.69, 9.17) is 4.74 Å². The monoisotopic (exact) mass is 262 g/mol. The van der Waals surface area contributed by atoms with Crippen LogP contribution in [0.1, 0.15) is 24.0 Å². The Kier molecular flexibility index (Phi) is 2.39. The fraction of sp³-hybridized carbons (Fsp3) is 0.429. The van der Waals surface area contributed by atoms with Crippen molar-refractivity contribution in [3.05, 3.63) is 34.0 Å². The molecule has 1 aliphatic heterocycles. The first-order valence-corrected chi connectivity index (χ1v) is 7.96. The average molecular weight is 262 g/mol. The average Bonchev–Trinajstić information content (AvgIpc) is 2.78. The zero-order valence-corrected chi connectivity index (χ0v) is 11.2. The number of fused-ring (bicyclic) bond motifs is 4. The molecule has 0 spiro atoms. The maximum Gasteiger partial charge on any atom is 0.0845 e. The van der Waals surface area contributed by atoms with Gasteiger partial charge in [-0.05, 0) is 59.7 Å². The molecule has 1 saturated heterocycles. The quantitative estimate of drug-likeness (QED) is 0.651. The molecule has 1 aliphatic carbocycles. The van der Waals surface area contributed by atoms with Crippen LogP contribution in [-0.4, -0.2) is 12.2 Å². The van der Waals surface area contributed by atoms with Gasteiger partial charge in [-0.3, -0.25) is 0 Å². The zero-order chi connectivity index (χ0) is 11.2. The first-order valence-electron chi connectivity index (χ1n) is 6.20. The molecule has 0 saturated carbocycles. The summed E-state index contributed by atoms with van der Waals surface area (Å²) in [6, 6.07) is 4.59. The maximum absolute atomic E-state index is 5.74. The smallest absolute Gasteiger partial charge is 0.0845 e. The number of hydrogen-bond acceptors (Lipinski definition) is 3. The van der Waals surface area contributed by atoms with Crippen LogP contribution in [0.3, 0.4) is 0 Å². The van der Waals surface area contributed by atoms with Crippen molar-refractivity contribution < 1.29 is 4.74 Å². The third kappa shape index (κ3) is 1.77. The largest absolute Gasteiger partial charge is 0.370 e. The summed E-state index contributed by atoms with van der Waals surface area (Å²) in [4.78, 5) is 3.02. The predicted octanol–water partition coefficient (Wildman–Crippen LogP) is 4.12. The fourth-order valence-corrected chi connectivity index (χ4v) is 4.89. The highest BCUT2D eigenvalue weighted by Crippen LogP contribution is 2.41. The summed E-state index contributed by atoms with van der Waals surface area (Å²) >= 11 is 3.79. The summed E-state index contributed by atoms with van der Waals surface area (Å²) in [5, 5.41) is 4.47. The van der Waals surface area contributed by atoms with E-state index in [-0.39, 0.29) is 0 Å². The highest BCUT2D eigenvalue weighted by Gasteiger charge is 2.38. The van der Waals surface area contributed by atoms with E-state index in [0.717, 1.165) is 0 Å². The van der Waals surface area contributed by atoms with Crippen LogP contribution in [0.4, 0.5) is 0 Å². The normalized spacial score (nSPS) is 26.8. The lowest BCUT2D eigenvalue weighted by molar-refractivity contribution is 0.356. The van der Waals surface area contributed by atoms with Crippen LogP contribution in [0.15, 0.2) is 22.9 Å². The van der Waals surface area contributed by atoms with Crippen molar-refractivity contribution >= 4 is 22.7 Å². The Labute approximate surface area is 109 Å². The van der Waals surface area contributed by atoms with Gasteiger partial charge < -0.3 is 4.74 Å². The molecule has 2 aromatic heterocycles. The number of epoxide rings is 1. The van der Waals surface area contributed by atoms with Gasteiger partial charge in [-0.15, -0.1) is 22.7 Å². The standard InChI is InChI=1S/C14H14OS2/c1-3-11-12(15-11)4-2-10-6-8-17-14(10)13-9(1)5-7-16-13/h5-8,11-12H,1-4H2. The van der Waals surface area contributed by atoms with Crippen molar-refractivity contribution in [3.63, 3.8) is 0 Å². The summed E-state index contributed by atoms with van der Waals surface area (Å²) in [5.74, 6) is 0. The molecule has 0 bridgehead atoms. The first-order chi connectivity index (χ1) is 8.42. The van der Waals surface area contributed by atoms with E-state index in [9.17, 15) is 0 Å². The summed E-state index contributed by atoms with van der Waals surface area (Å²) in [5.41, 5.74) is 3.05. The second-order valence-corrected chi connectivity index (χ2v) is 6.67. The Bertz CT molecular complexity index is 492. The molecule has 17 heavy (non-hydrogen) atoms. The van der Waals surface area contributed by atoms with Crippen LogP contribution in [0.2, 0.25) is 0 Å². The molecule has 2 aliphatic rings. The van der Waals surface area contributed by atoms with Gasteiger partial charge in [0.25, 0.3) is 0 Å². The van der Waals surface area contributed by atoms with E-state index < -0.39 is 0 Å². The summed E-state index contributed by atoms with van der Waals surface area (Å²) < 4.78 is 5.74. The maximum atomic E-state index is 5.74. The molecule has 2 atom stereocenters. The Balaban J connectivity index is 1.79. The number of aryl methyl sites for hydroxylation is 2. The topological polar surface area (TPSA) is 12.5 Å². The van der Waals surface area contributed by atoms with E-state index in [0.29, 0.717) is 12.2 Å². The van der Waals surface area contributed by atoms with Crippen LogP contribution < -0.4 is 0 Å². The van der Waals surface area contributed by atoms with Gasteiger partial charge in [0.05, 0.1) is 12.2 Å². The molecule has 0 amide bonds. The minimum atomic E-state index is 0.544. The summed E-state index contributed by atoms with van der Waals surface area (Å²) in [6.45, 7) is 0. The lowest BCUT2D eigenvalue weighted by Crippen LogP contribution is -2.01. The molecule has 2 aromatic rings. The minimum absolute atomic E-state index is 0.544. The van der Waals surface area contributed by atoms with E-state index in [1.165, 1.54) is 46.6 Å². The van der Waals surface area contributed by atoms with Crippen LogP contribution in [0.25, 0.3) is 9.75 Å². The molecule has 2 unspecified atom stereocenters. The van der Waals surface area contributed by atoms with Gasteiger partial charge in [0, 0.05) is 9.75 Å². The SMILES string of the molecule is c1cc2c(s1)-c1sccc1CCC1OC1CC2. The van der Waals surface area contributed by atoms with Crippen LogP contribution in [0, 0.1) is 0 Å². The highest BCUT2D eigenvalue weighted by atomic mass is 32.1. The number of ether oxygens (including phenoxy) is 1. The predicted molar refractivity (Wildman–Crippen MR) is 72.9 cm³/mol. The Hall–Kier alpha value is -0.640. The fourth-order valence-electron chi connectivity index (χ4n) is 2.75. The second-order valence-electron chi connectivity index (χ2n) is 4.84. The number of thiophene rings is 2. The highest BCUT2D eigenvalue weighted by molar-refractivity contribution is 7.20. The Morgan fingerprint density at radius 2 is 1.41 bits per heavy atom. The van der Waals surface area contributed by atoms with Gasteiger partial charge >= 0.3 is 0 Å². The van der Waals surface area contributed by atoms with Gasteiger partial charge in [-0.1, -0.05) is 0 Å². The molecule has 3 heterocycles. The molecule has 0 radical (unpaired) electrons. The molecule has 1 fully saturated rings. The second kappa shape index (κ2) is 3.94.